The maximum absolute atomic E-state index is 13.4. The molecule has 2 aliphatic rings. The number of rotatable bonds is 65. The van der Waals surface area contributed by atoms with Gasteiger partial charge in [-0.25, -0.2) is 0 Å². The second-order valence-corrected chi connectivity index (χ2v) is 27.5. The van der Waals surface area contributed by atoms with Crippen LogP contribution < -0.4 is 5.32 Å². The first-order valence-corrected chi connectivity index (χ1v) is 38.7. The SMILES string of the molecule is CCCCCCCCCCCCCCCCCCCCCC/C=C/CC/C=C/CC/C=C/C(O)C(COC1OC(CO)C(OC2OC(CO)C(O)C(O)C2O)C(O)C1O)NC(=O)CCCCCCCCCCCCCCCCCCCCCCCCCCCCC. The molecular formula is C77H145NO13. The summed E-state index contributed by atoms with van der Waals surface area (Å²) in [6, 6.07) is -0.938. The fraction of sp³-hybridized carbons (Fsp3) is 0.909. The summed E-state index contributed by atoms with van der Waals surface area (Å²) >= 11 is 0. The molecule has 0 aromatic heterocycles. The highest BCUT2D eigenvalue weighted by Gasteiger charge is 2.51. The Bertz CT molecular complexity index is 1670. The number of unbranched alkanes of at least 4 members (excludes halogenated alkanes) is 48. The fourth-order valence-electron chi connectivity index (χ4n) is 12.9. The normalized spacial score (nSPS) is 22.9. The number of nitrogens with one attached hydrogen (secondary N) is 1. The van der Waals surface area contributed by atoms with Crippen LogP contribution in [0.15, 0.2) is 36.5 Å². The number of allylic oxidation sites excluding steroid dienone is 5. The van der Waals surface area contributed by atoms with Gasteiger partial charge in [0, 0.05) is 6.42 Å². The fourth-order valence-corrected chi connectivity index (χ4v) is 12.9. The molecule has 0 saturated carbocycles. The number of amides is 1. The average Bonchev–Trinajstić information content (AvgIpc) is 0.978. The molecule has 0 spiro atoms. The van der Waals surface area contributed by atoms with Gasteiger partial charge in [0.25, 0.3) is 0 Å². The number of hydrogen-bond acceptors (Lipinski definition) is 13. The first-order chi connectivity index (χ1) is 44.6. The van der Waals surface area contributed by atoms with Crippen molar-refractivity contribution in [3.8, 4) is 0 Å². The van der Waals surface area contributed by atoms with Crippen LogP contribution in [0.1, 0.15) is 354 Å². The van der Waals surface area contributed by atoms with Crippen molar-refractivity contribution in [2.24, 2.45) is 0 Å². The number of carbonyl (C=O) groups excluding carboxylic acids is 1. The molecule has 0 radical (unpaired) electrons. The Hall–Kier alpha value is -1.79. The zero-order valence-corrected chi connectivity index (χ0v) is 58.6. The van der Waals surface area contributed by atoms with E-state index in [1.807, 2.05) is 6.08 Å². The van der Waals surface area contributed by atoms with Crippen LogP contribution in [0.5, 0.6) is 0 Å². The second kappa shape index (κ2) is 61.8. The van der Waals surface area contributed by atoms with Crippen LogP contribution >= 0.6 is 0 Å². The third kappa shape index (κ3) is 45.4. The molecule has 2 aliphatic heterocycles. The summed E-state index contributed by atoms with van der Waals surface area (Å²) in [5.74, 6) is -0.246. The average molecular weight is 1290 g/mol. The quantitative estimate of drug-likeness (QED) is 0.0204. The summed E-state index contributed by atoms with van der Waals surface area (Å²) in [5, 5.41) is 87.6. The van der Waals surface area contributed by atoms with E-state index in [-0.39, 0.29) is 18.9 Å². The second-order valence-electron chi connectivity index (χ2n) is 27.5. The minimum Gasteiger partial charge on any atom is -0.394 e. The smallest absolute Gasteiger partial charge is 0.220 e. The van der Waals surface area contributed by atoms with E-state index in [1.165, 1.54) is 276 Å². The van der Waals surface area contributed by atoms with Crippen molar-refractivity contribution in [3.63, 3.8) is 0 Å². The van der Waals surface area contributed by atoms with Gasteiger partial charge in [0.05, 0.1) is 32.0 Å². The molecule has 9 N–H and O–H groups in total. The number of hydrogen-bond donors (Lipinski definition) is 9. The van der Waals surface area contributed by atoms with Crippen molar-refractivity contribution < 1.29 is 64.6 Å². The molecule has 12 unspecified atom stereocenters. The lowest BCUT2D eigenvalue weighted by Gasteiger charge is -2.46. The zero-order chi connectivity index (χ0) is 65.9. The van der Waals surface area contributed by atoms with Crippen molar-refractivity contribution >= 4 is 5.91 Å². The Morgan fingerprint density at radius 3 is 1.08 bits per heavy atom. The minimum absolute atomic E-state index is 0.246. The van der Waals surface area contributed by atoms with Crippen LogP contribution in [0.25, 0.3) is 0 Å². The van der Waals surface area contributed by atoms with Gasteiger partial charge in [0.15, 0.2) is 12.6 Å². The monoisotopic (exact) mass is 1290 g/mol. The standard InChI is InChI=1S/C77H145NO13/c1-3-5-7-9-11-13-15-17-19-21-23-25-27-29-31-32-33-35-36-38-40-42-44-46-48-50-52-54-56-58-60-66(81)65(64-88-76-74(87)72(85)75(68(63-80)90-76)91-77-73(86)71(84)70(83)67(62-79)89-77)78-69(82)61-59-57-55-53-51-49-47-45-43-41-39-37-34-30-28-26-24-22-20-18-16-14-12-10-8-6-4-2/h42,44,50,52,58,60,65-68,70-77,79-81,83-87H,3-41,43,45-49,51,53-57,59,61-64H2,1-2H3,(H,78,82)/b44-42+,52-50+,60-58+. The molecule has 0 aromatic carbocycles. The highest BCUT2D eigenvalue weighted by molar-refractivity contribution is 5.76. The van der Waals surface area contributed by atoms with Crippen LogP contribution in [0.3, 0.4) is 0 Å². The molecule has 536 valence electrons. The lowest BCUT2D eigenvalue weighted by molar-refractivity contribution is -0.359. The molecule has 14 nitrogen and oxygen atoms in total. The van der Waals surface area contributed by atoms with Crippen LogP contribution in [0.2, 0.25) is 0 Å². The van der Waals surface area contributed by atoms with E-state index < -0.39 is 86.8 Å². The number of aliphatic hydroxyl groups excluding tert-OH is 8. The van der Waals surface area contributed by atoms with Gasteiger partial charge in [0.2, 0.25) is 5.91 Å². The summed E-state index contributed by atoms with van der Waals surface area (Å²) in [6.45, 7) is 2.84. The molecule has 12 atom stereocenters. The molecule has 2 rings (SSSR count). The predicted octanol–water partition coefficient (Wildman–Crippen LogP) is 16.9. The summed E-state index contributed by atoms with van der Waals surface area (Å²) in [6.07, 6.45) is 63.7. The van der Waals surface area contributed by atoms with E-state index in [2.05, 4.69) is 43.5 Å². The van der Waals surface area contributed by atoms with Crippen LogP contribution in [0.4, 0.5) is 0 Å². The Kier molecular flexibility index (Phi) is 57.9. The maximum Gasteiger partial charge on any atom is 0.220 e. The van der Waals surface area contributed by atoms with Gasteiger partial charge in [-0.05, 0) is 44.9 Å². The van der Waals surface area contributed by atoms with Crippen LogP contribution in [0, 0.1) is 0 Å². The number of carbonyl (C=O) groups is 1. The van der Waals surface area contributed by atoms with Gasteiger partial charge in [-0.1, -0.05) is 339 Å². The highest BCUT2D eigenvalue weighted by atomic mass is 16.7. The summed E-state index contributed by atoms with van der Waals surface area (Å²) < 4.78 is 22.9. The molecule has 2 fully saturated rings. The summed E-state index contributed by atoms with van der Waals surface area (Å²) in [4.78, 5) is 13.4. The molecule has 2 heterocycles. The van der Waals surface area contributed by atoms with Gasteiger partial charge in [-0.3, -0.25) is 4.79 Å². The molecule has 14 heteroatoms. The van der Waals surface area contributed by atoms with E-state index in [1.54, 1.807) is 6.08 Å². The van der Waals surface area contributed by atoms with Crippen molar-refractivity contribution in [3.05, 3.63) is 36.5 Å². The summed E-state index contributed by atoms with van der Waals surface area (Å²) in [5.41, 5.74) is 0. The third-order valence-corrected chi connectivity index (χ3v) is 19.1. The van der Waals surface area contributed by atoms with Crippen molar-refractivity contribution in [2.75, 3.05) is 19.8 Å². The van der Waals surface area contributed by atoms with Crippen LogP contribution in [-0.2, 0) is 23.7 Å². The number of ether oxygens (including phenoxy) is 4. The van der Waals surface area contributed by atoms with Gasteiger partial charge in [-0.2, -0.15) is 0 Å². The van der Waals surface area contributed by atoms with Gasteiger partial charge < -0.3 is 65.1 Å². The molecule has 2 saturated heterocycles. The first-order valence-electron chi connectivity index (χ1n) is 38.7. The largest absolute Gasteiger partial charge is 0.394 e. The molecular weight excluding hydrogens is 1150 g/mol. The molecule has 0 bridgehead atoms. The molecule has 1 amide bonds. The van der Waals surface area contributed by atoms with Crippen molar-refractivity contribution in [1.82, 2.24) is 5.32 Å². The van der Waals surface area contributed by atoms with Crippen molar-refractivity contribution in [2.45, 2.75) is 428 Å². The summed E-state index contributed by atoms with van der Waals surface area (Å²) in [7, 11) is 0. The Labute approximate surface area is 557 Å². The van der Waals surface area contributed by atoms with Crippen molar-refractivity contribution in [1.29, 1.82) is 0 Å². The van der Waals surface area contributed by atoms with E-state index in [0.717, 1.165) is 44.9 Å². The maximum atomic E-state index is 13.4. The molecule has 0 aliphatic carbocycles. The van der Waals surface area contributed by atoms with E-state index in [0.29, 0.717) is 12.8 Å². The van der Waals surface area contributed by atoms with Crippen LogP contribution in [-0.4, -0.2) is 140 Å². The molecule has 0 aromatic rings. The van der Waals surface area contributed by atoms with E-state index in [9.17, 15) is 45.6 Å². The minimum atomic E-state index is -1.79. The Morgan fingerprint density at radius 1 is 0.385 bits per heavy atom. The van der Waals surface area contributed by atoms with Gasteiger partial charge in [0.1, 0.15) is 48.8 Å². The van der Waals surface area contributed by atoms with E-state index >= 15 is 0 Å². The number of aliphatic hydroxyl groups is 8. The lowest BCUT2D eigenvalue weighted by atomic mass is 9.97. The first kappa shape index (κ1) is 85.3. The van der Waals surface area contributed by atoms with Gasteiger partial charge >= 0.3 is 0 Å². The molecule has 91 heavy (non-hydrogen) atoms. The van der Waals surface area contributed by atoms with E-state index in [4.69, 9.17) is 18.9 Å². The topological polar surface area (TPSA) is 228 Å². The predicted molar refractivity (Wildman–Crippen MR) is 374 cm³/mol. The zero-order valence-electron chi connectivity index (χ0n) is 58.6. The lowest BCUT2D eigenvalue weighted by Crippen LogP contribution is -2.65. The highest BCUT2D eigenvalue weighted by Crippen LogP contribution is 2.30. The Morgan fingerprint density at radius 2 is 0.703 bits per heavy atom. The Balaban J connectivity index is 1.66. The third-order valence-electron chi connectivity index (χ3n) is 19.1. The van der Waals surface area contributed by atoms with Gasteiger partial charge in [-0.15, -0.1) is 0 Å².